The fraction of sp³-hybridized carbons (Fsp3) is 0.241. The van der Waals surface area contributed by atoms with Gasteiger partial charge >= 0.3 is 0 Å². The topological polar surface area (TPSA) is 118 Å². The van der Waals surface area contributed by atoms with E-state index in [1.807, 2.05) is 6.92 Å². The molecule has 1 unspecified atom stereocenters. The van der Waals surface area contributed by atoms with Gasteiger partial charge in [0.1, 0.15) is 34.8 Å². The lowest BCUT2D eigenvalue weighted by Crippen LogP contribution is -2.10. The molecule has 0 saturated carbocycles. The molecule has 0 bridgehead atoms. The number of nitrogens with zero attached hydrogens (tertiary/aromatic N) is 5. The molecular formula is C29H27ClFN5O5S. The number of aromatic nitrogens is 5. The second kappa shape index (κ2) is 11.9. The summed E-state index contributed by atoms with van der Waals surface area (Å²) in [6.07, 6.45) is -1.23. The molecule has 3 heterocycles. The van der Waals surface area contributed by atoms with E-state index in [9.17, 15) is 12.8 Å². The van der Waals surface area contributed by atoms with Gasteiger partial charge in [-0.2, -0.15) is 0 Å². The molecule has 5 aromatic rings. The number of imidazole rings is 1. The van der Waals surface area contributed by atoms with Crippen LogP contribution in [-0.2, 0) is 15.6 Å². The van der Waals surface area contributed by atoms with Crippen molar-refractivity contribution in [3.63, 3.8) is 0 Å². The number of sulfone groups is 1. The number of hydrogen-bond acceptors (Lipinski definition) is 9. The molecule has 42 heavy (non-hydrogen) atoms. The van der Waals surface area contributed by atoms with Crippen molar-refractivity contribution in [2.75, 3.05) is 20.8 Å². The highest BCUT2D eigenvalue weighted by Gasteiger charge is 2.27. The Morgan fingerprint density at radius 3 is 2.21 bits per heavy atom. The summed E-state index contributed by atoms with van der Waals surface area (Å²) in [7, 11) is -0.896. The van der Waals surface area contributed by atoms with Crippen LogP contribution < -0.4 is 14.2 Å². The first-order valence-corrected chi connectivity index (χ1v) is 14.9. The van der Waals surface area contributed by atoms with Gasteiger partial charge in [0.15, 0.2) is 32.1 Å². The Balaban J connectivity index is 1.72. The lowest BCUT2D eigenvalue weighted by Gasteiger charge is -2.16. The summed E-state index contributed by atoms with van der Waals surface area (Å²) in [4.78, 5) is 18.3. The van der Waals surface area contributed by atoms with Crippen LogP contribution in [0.3, 0.4) is 0 Å². The summed E-state index contributed by atoms with van der Waals surface area (Å²) in [6, 6.07) is 16.1. The van der Waals surface area contributed by atoms with Gasteiger partial charge in [-0.1, -0.05) is 35.9 Å². The van der Waals surface area contributed by atoms with E-state index in [1.165, 1.54) is 45.4 Å². The van der Waals surface area contributed by atoms with Crippen LogP contribution in [0, 0.1) is 0 Å². The van der Waals surface area contributed by atoms with Crippen molar-refractivity contribution < 1.29 is 27.0 Å². The van der Waals surface area contributed by atoms with Gasteiger partial charge in [-0.15, -0.1) is 0 Å². The lowest BCUT2D eigenvalue weighted by atomic mass is 10.1. The van der Waals surface area contributed by atoms with E-state index in [0.717, 1.165) is 0 Å². The van der Waals surface area contributed by atoms with E-state index in [4.69, 9.17) is 25.8 Å². The zero-order chi connectivity index (χ0) is 30.0. The zero-order valence-electron chi connectivity index (χ0n) is 23.2. The average Bonchev–Trinajstić information content (AvgIpc) is 3.34. The standard InChI is InChI=1S/C29H27ClFN5O5S/c1-5-41-24-11-6-8-20(32-24)28-35-27-29(36(28)25-22(39-3)9-7-10-23(25)40-4)33-21(26(30)34-27)16-42(37,38)19-14-12-18(13-15-19)17(2)31/h6-15,17H,5,16H2,1-4H3. The Morgan fingerprint density at radius 1 is 0.929 bits per heavy atom. The third-order valence-corrected chi connectivity index (χ3v) is 8.36. The van der Waals surface area contributed by atoms with E-state index in [0.29, 0.717) is 46.8 Å². The van der Waals surface area contributed by atoms with Gasteiger partial charge in [0.2, 0.25) is 5.88 Å². The maximum absolute atomic E-state index is 13.7. The van der Waals surface area contributed by atoms with Gasteiger partial charge in [-0.3, -0.25) is 4.57 Å². The molecule has 1 atom stereocenters. The summed E-state index contributed by atoms with van der Waals surface area (Å²) in [5.74, 6) is 1.02. The highest BCUT2D eigenvalue weighted by molar-refractivity contribution is 7.90. The molecule has 0 aliphatic carbocycles. The van der Waals surface area contributed by atoms with E-state index in [-0.39, 0.29) is 27.0 Å². The Morgan fingerprint density at radius 2 is 1.60 bits per heavy atom. The van der Waals surface area contributed by atoms with Gasteiger partial charge in [0, 0.05) is 6.07 Å². The molecule has 3 aromatic heterocycles. The summed E-state index contributed by atoms with van der Waals surface area (Å²) in [5, 5.41) is -0.126. The fourth-order valence-corrected chi connectivity index (χ4v) is 5.95. The smallest absolute Gasteiger partial charge is 0.213 e. The van der Waals surface area contributed by atoms with Crippen LogP contribution in [0.25, 0.3) is 28.5 Å². The molecule has 0 spiro atoms. The van der Waals surface area contributed by atoms with Crippen molar-refractivity contribution in [3.05, 3.63) is 77.1 Å². The van der Waals surface area contributed by atoms with Gasteiger partial charge in [0.05, 0.1) is 31.4 Å². The number of halogens is 2. The number of methoxy groups -OCH3 is 2. The van der Waals surface area contributed by atoms with E-state index in [1.54, 1.807) is 41.0 Å². The van der Waals surface area contributed by atoms with Crippen LogP contribution in [-0.4, -0.2) is 53.7 Å². The molecule has 5 rings (SSSR count). The summed E-state index contributed by atoms with van der Waals surface area (Å²) < 4.78 is 58.9. The van der Waals surface area contributed by atoms with Crippen molar-refractivity contribution in [1.29, 1.82) is 0 Å². The Hall–Kier alpha value is -4.29. The number of ether oxygens (including phenoxy) is 3. The molecule has 0 fully saturated rings. The largest absolute Gasteiger partial charge is 0.494 e. The van der Waals surface area contributed by atoms with Crippen LogP contribution in [0.5, 0.6) is 17.4 Å². The number of benzene rings is 2. The Bertz CT molecular complexity index is 1840. The molecule has 0 N–H and O–H groups in total. The summed E-state index contributed by atoms with van der Waals surface area (Å²) in [5.41, 5.74) is 1.61. The van der Waals surface area contributed by atoms with Gasteiger partial charge in [-0.05, 0) is 49.7 Å². The van der Waals surface area contributed by atoms with E-state index < -0.39 is 21.8 Å². The van der Waals surface area contributed by atoms with Crippen molar-refractivity contribution in [1.82, 2.24) is 24.5 Å². The van der Waals surface area contributed by atoms with E-state index in [2.05, 4.69) is 19.9 Å². The average molecular weight is 612 g/mol. The van der Waals surface area contributed by atoms with Crippen LogP contribution >= 0.6 is 11.6 Å². The molecule has 0 amide bonds. The maximum atomic E-state index is 13.7. The lowest BCUT2D eigenvalue weighted by molar-refractivity contribution is 0.327. The van der Waals surface area contributed by atoms with E-state index >= 15 is 0 Å². The fourth-order valence-electron chi connectivity index (χ4n) is 4.41. The second-order valence-electron chi connectivity index (χ2n) is 9.13. The molecule has 218 valence electrons. The molecule has 0 saturated heterocycles. The summed E-state index contributed by atoms with van der Waals surface area (Å²) >= 11 is 6.48. The molecule has 0 radical (unpaired) electrons. The van der Waals surface area contributed by atoms with Crippen LogP contribution in [0.2, 0.25) is 5.15 Å². The van der Waals surface area contributed by atoms with Crippen molar-refractivity contribution >= 4 is 32.7 Å². The Labute approximate surface area is 247 Å². The number of fused-ring (bicyclic) bond motifs is 1. The number of rotatable bonds is 10. The van der Waals surface area contributed by atoms with Gasteiger partial charge in [0.25, 0.3) is 0 Å². The second-order valence-corrected chi connectivity index (χ2v) is 11.5. The van der Waals surface area contributed by atoms with Gasteiger partial charge < -0.3 is 14.2 Å². The molecule has 0 aliphatic rings. The SMILES string of the molecule is CCOc1cccc(-c2nc3nc(Cl)c(CS(=O)(=O)c4ccc(C(C)F)cc4)nc3n2-c2c(OC)cccc2OC)n1. The third kappa shape index (κ3) is 5.59. The highest BCUT2D eigenvalue weighted by atomic mass is 35.5. The minimum Gasteiger partial charge on any atom is -0.494 e. The quantitative estimate of drug-likeness (QED) is 0.189. The van der Waals surface area contributed by atoms with Gasteiger partial charge in [-0.25, -0.2) is 32.7 Å². The minimum atomic E-state index is -3.92. The highest BCUT2D eigenvalue weighted by Crippen LogP contribution is 2.38. The number of hydrogen-bond donors (Lipinski definition) is 0. The first kappa shape index (κ1) is 29.2. The molecule has 0 aliphatic heterocycles. The first-order chi connectivity index (χ1) is 20.2. The minimum absolute atomic E-state index is 0.00222. The molecular weight excluding hydrogens is 585 g/mol. The number of pyridine rings is 1. The third-order valence-electron chi connectivity index (χ3n) is 6.41. The predicted molar refractivity (Wildman–Crippen MR) is 156 cm³/mol. The zero-order valence-corrected chi connectivity index (χ0v) is 24.8. The molecule has 2 aromatic carbocycles. The van der Waals surface area contributed by atoms with Crippen molar-refractivity contribution in [2.45, 2.75) is 30.7 Å². The first-order valence-electron chi connectivity index (χ1n) is 12.9. The molecule has 13 heteroatoms. The maximum Gasteiger partial charge on any atom is 0.213 e. The molecule has 10 nitrogen and oxygen atoms in total. The van der Waals surface area contributed by atoms with Crippen LogP contribution in [0.1, 0.15) is 31.3 Å². The van der Waals surface area contributed by atoms with Crippen LogP contribution in [0.4, 0.5) is 4.39 Å². The van der Waals surface area contributed by atoms with Crippen LogP contribution in [0.15, 0.2) is 65.6 Å². The summed E-state index contributed by atoms with van der Waals surface area (Å²) in [6.45, 7) is 3.65. The number of alkyl halides is 1. The normalized spacial score (nSPS) is 12.3. The Kier molecular flexibility index (Phi) is 8.28. The van der Waals surface area contributed by atoms with Crippen molar-refractivity contribution in [3.8, 4) is 34.6 Å². The monoisotopic (exact) mass is 611 g/mol. The van der Waals surface area contributed by atoms with Crippen molar-refractivity contribution in [2.24, 2.45) is 0 Å². The predicted octanol–water partition coefficient (Wildman–Crippen LogP) is 5.95. The number of para-hydroxylation sites is 1.